The molecule has 3 aromatic carbocycles. The number of carbonyl (C=O) groups excluding carboxylic acids is 1. The van der Waals surface area contributed by atoms with Crippen LogP contribution in [0, 0.1) is 11.8 Å². The fourth-order valence-corrected chi connectivity index (χ4v) is 5.82. The maximum atomic E-state index is 12.8. The number of carbonyl (C=O) groups is 1. The Morgan fingerprint density at radius 1 is 0.897 bits per heavy atom. The molecule has 2 atom stereocenters. The van der Waals surface area contributed by atoms with E-state index >= 15 is 0 Å². The summed E-state index contributed by atoms with van der Waals surface area (Å²) in [6.07, 6.45) is 10.3. The van der Waals surface area contributed by atoms with E-state index in [0.717, 1.165) is 41.8 Å². The van der Waals surface area contributed by atoms with Crippen molar-refractivity contribution in [1.29, 1.82) is 0 Å². The van der Waals surface area contributed by atoms with Gasteiger partial charge in [0.05, 0.1) is 5.69 Å². The van der Waals surface area contributed by atoms with Gasteiger partial charge in [-0.05, 0) is 42.4 Å². The summed E-state index contributed by atoms with van der Waals surface area (Å²) in [5, 5.41) is 11.4. The number of hydrogen-bond donors (Lipinski definition) is 3. The predicted molar refractivity (Wildman–Crippen MR) is 155 cm³/mol. The number of aromatic nitrogens is 2. The van der Waals surface area contributed by atoms with Gasteiger partial charge in [0.25, 0.3) is 0 Å². The van der Waals surface area contributed by atoms with Crippen molar-refractivity contribution in [1.82, 2.24) is 15.3 Å². The molecule has 39 heavy (non-hydrogen) atoms. The second-order valence-corrected chi connectivity index (χ2v) is 10.6. The van der Waals surface area contributed by atoms with Crippen LogP contribution in [-0.4, -0.2) is 28.6 Å². The van der Waals surface area contributed by atoms with Gasteiger partial charge < -0.3 is 20.7 Å². The van der Waals surface area contributed by atoms with Crippen molar-refractivity contribution in [2.45, 2.75) is 51.0 Å². The Hall–Kier alpha value is -4.13. The Morgan fingerprint density at radius 2 is 1.69 bits per heavy atom. The van der Waals surface area contributed by atoms with Gasteiger partial charge in [0, 0.05) is 35.6 Å². The van der Waals surface area contributed by atoms with Gasteiger partial charge in [-0.15, -0.1) is 0 Å². The predicted octanol–water partition coefficient (Wildman–Crippen LogP) is 7.17. The summed E-state index contributed by atoms with van der Waals surface area (Å²) < 4.78 is 6.19. The lowest BCUT2D eigenvalue weighted by Crippen LogP contribution is -2.32. The largest absolute Gasteiger partial charge is 0.438 e. The Morgan fingerprint density at radius 3 is 2.54 bits per heavy atom. The van der Waals surface area contributed by atoms with Gasteiger partial charge in [-0.2, -0.15) is 4.98 Å². The molecule has 200 valence electrons. The van der Waals surface area contributed by atoms with E-state index in [4.69, 9.17) is 4.74 Å². The SMILES string of the molecule is O=C(Nc1ccc(Oc2ccnc(NCCc3ccccc3)n2)c2ccccc12)NC1CC1C1CCCCC1. The van der Waals surface area contributed by atoms with Gasteiger partial charge in [0.1, 0.15) is 5.75 Å². The lowest BCUT2D eigenvalue weighted by Gasteiger charge is -2.21. The second kappa shape index (κ2) is 11.7. The molecule has 2 unspecified atom stereocenters. The molecule has 7 heteroatoms. The molecule has 2 fully saturated rings. The lowest BCUT2D eigenvalue weighted by atomic mass is 9.85. The third-order valence-corrected chi connectivity index (χ3v) is 7.93. The van der Waals surface area contributed by atoms with Crippen LogP contribution in [0.3, 0.4) is 0 Å². The summed E-state index contributed by atoms with van der Waals surface area (Å²) in [7, 11) is 0. The molecule has 2 aliphatic carbocycles. The monoisotopic (exact) mass is 521 g/mol. The molecule has 2 saturated carbocycles. The van der Waals surface area contributed by atoms with E-state index in [1.807, 2.05) is 54.6 Å². The Labute approximate surface area is 229 Å². The zero-order valence-corrected chi connectivity index (χ0v) is 22.1. The topological polar surface area (TPSA) is 88.2 Å². The van der Waals surface area contributed by atoms with Crippen LogP contribution < -0.4 is 20.7 Å². The van der Waals surface area contributed by atoms with Crippen LogP contribution in [0.5, 0.6) is 11.6 Å². The average molecular weight is 522 g/mol. The first-order valence-corrected chi connectivity index (χ1v) is 14.1. The first-order chi connectivity index (χ1) is 19.2. The summed E-state index contributed by atoms with van der Waals surface area (Å²) in [4.78, 5) is 21.7. The molecular formula is C32H35N5O2. The van der Waals surface area contributed by atoms with E-state index in [1.54, 1.807) is 12.3 Å². The number of amides is 2. The fraction of sp³-hybridized carbons (Fsp3) is 0.344. The molecule has 2 aliphatic rings. The number of fused-ring (bicyclic) bond motifs is 1. The molecular weight excluding hydrogens is 486 g/mol. The molecule has 4 aromatic rings. The van der Waals surface area contributed by atoms with Crippen molar-refractivity contribution >= 4 is 28.4 Å². The summed E-state index contributed by atoms with van der Waals surface area (Å²) in [5.41, 5.74) is 2.02. The van der Waals surface area contributed by atoms with Crippen molar-refractivity contribution in [3.63, 3.8) is 0 Å². The van der Waals surface area contributed by atoms with E-state index in [-0.39, 0.29) is 6.03 Å². The molecule has 0 radical (unpaired) electrons. The molecule has 6 rings (SSSR count). The third-order valence-electron chi connectivity index (χ3n) is 7.93. The number of hydrogen-bond acceptors (Lipinski definition) is 5. The van der Waals surface area contributed by atoms with Gasteiger partial charge in [0.15, 0.2) is 0 Å². The molecule has 1 aromatic heterocycles. The number of rotatable bonds is 9. The molecule has 0 spiro atoms. The average Bonchev–Trinajstić information content (AvgIpc) is 3.74. The van der Waals surface area contributed by atoms with Gasteiger partial charge >= 0.3 is 6.03 Å². The summed E-state index contributed by atoms with van der Waals surface area (Å²) in [6.45, 7) is 0.723. The van der Waals surface area contributed by atoms with E-state index in [9.17, 15) is 4.79 Å². The van der Waals surface area contributed by atoms with Gasteiger partial charge in [0.2, 0.25) is 11.8 Å². The van der Waals surface area contributed by atoms with Crippen molar-refractivity contribution in [3.05, 3.63) is 84.6 Å². The third kappa shape index (κ3) is 6.30. The van der Waals surface area contributed by atoms with Crippen LogP contribution >= 0.6 is 0 Å². The molecule has 3 N–H and O–H groups in total. The fourth-order valence-electron chi connectivity index (χ4n) is 5.82. The minimum atomic E-state index is -0.140. The van der Waals surface area contributed by atoms with Crippen LogP contribution in [0.15, 0.2) is 79.0 Å². The maximum Gasteiger partial charge on any atom is 0.319 e. The van der Waals surface area contributed by atoms with E-state index in [2.05, 4.69) is 38.1 Å². The Bertz CT molecular complexity index is 1420. The summed E-state index contributed by atoms with van der Waals surface area (Å²) >= 11 is 0. The van der Waals surface area contributed by atoms with E-state index in [0.29, 0.717) is 29.5 Å². The highest BCUT2D eigenvalue weighted by atomic mass is 16.5. The minimum absolute atomic E-state index is 0.140. The number of nitrogens with zero attached hydrogens (tertiary/aromatic N) is 2. The number of urea groups is 1. The standard InChI is InChI=1S/C32H35N5O2/c38-32(36-28-21-26(28)23-11-5-2-6-12-23)35-27-15-16-29(25-14-8-7-13-24(25)27)39-30-18-20-34-31(37-30)33-19-17-22-9-3-1-4-10-22/h1,3-4,7-10,13-16,18,20,23,26,28H,2,5-6,11-12,17,19,21H2,(H,33,34,37)(H2,35,36,38). The van der Waals surface area contributed by atoms with Crippen LogP contribution in [0.2, 0.25) is 0 Å². The minimum Gasteiger partial charge on any atom is -0.438 e. The highest BCUT2D eigenvalue weighted by Gasteiger charge is 2.43. The van der Waals surface area contributed by atoms with Crippen LogP contribution in [0.1, 0.15) is 44.1 Å². The molecule has 0 saturated heterocycles. The molecule has 1 heterocycles. The summed E-state index contributed by atoms with van der Waals surface area (Å²) in [6, 6.07) is 23.9. The van der Waals surface area contributed by atoms with E-state index in [1.165, 1.54) is 37.7 Å². The quantitative estimate of drug-likeness (QED) is 0.217. The Kier molecular flexibility index (Phi) is 7.56. The van der Waals surface area contributed by atoms with Crippen molar-refractivity contribution in [2.75, 3.05) is 17.2 Å². The lowest BCUT2D eigenvalue weighted by molar-refractivity contribution is 0.249. The second-order valence-electron chi connectivity index (χ2n) is 10.6. The van der Waals surface area contributed by atoms with Crippen LogP contribution in [-0.2, 0) is 6.42 Å². The van der Waals surface area contributed by atoms with Crippen molar-refractivity contribution < 1.29 is 9.53 Å². The normalized spacial score (nSPS) is 18.9. The Balaban J connectivity index is 1.09. The van der Waals surface area contributed by atoms with Crippen molar-refractivity contribution in [3.8, 4) is 11.6 Å². The molecule has 0 aliphatic heterocycles. The van der Waals surface area contributed by atoms with Crippen molar-refractivity contribution in [2.24, 2.45) is 11.8 Å². The first kappa shape index (κ1) is 25.2. The van der Waals surface area contributed by atoms with Crippen LogP contribution in [0.25, 0.3) is 10.8 Å². The number of ether oxygens (including phenoxy) is 1. The zero-order valence-electron chi connectivity index (χ0n) is 22.1. The van der Waals surface area contributed by atoms with Gasteiger partial charge in [-0.3, -0.25) is 0 Å². The highest BCUT2D eigenvalue weighted by molar-refractivity contribution is 6.04. The number of nitrogens with one attached hydrogen (secondary N) is 3. The maximum absolute atomic E-state index is 12.8. The molecule has 7 nitrogen and oxygen atoms in total. The summed E-state index contributed by atoms with van der Waals surface area (Å²) in [5.74, 6) is 3.08. The molecule has 0 bridgehead atoms. The van der Waals surface area contributed by atoms with E-state index < -0.39 is 0 Å². The smallest absolute Gasteiger partial charge is 0.319 e. The molecule has 2 amide bonds. The highest BCUT2D eigenvalue weighted by Crippen LogP contribution is 2.44. The van der Waals surface area contributed by atoms with Gasteiger partial charge in [-0.25, -0.2) is 9.78 Å². The van der Waals surface area contributed by atoms with Crippen LogP contribution in [0.4, 0.5) is 16.4 Å². The van der Waals surface area contributed by atoms with Gasteiger partial charge in [-0.1, -0.05) is 86.7 Å². The first-order valence-electron chi connectivity index (χ1n) is 14.1. The zero-order chi connectivity index (χ0) is 26.4. The number of benzene rings is 3. The number of anilines is 2.